The summed E-state index contributed by atoms with van der Waals surface area (Å²) in [5.74, 6) is 0.0766. The minimum atomic E-state index is -4.60. The molecule has 0 aliphatic carbocycles. The molecular formula is C31H34ClN3O8S. The molecule has 0 N–H and O–H groups in total. The van der Waals surface area contributed by atoms with Gasteiger partial charge in [0.2, 0.25) is 5.91 Å². The summed E-state index contributed by atoms with van der Waals surface area (Å²) in [4.78, 5) is 31.9. The number of sulfonamides is 1. The van der Waals surface area contributed by atoms with E-state index in [9.17, 15) is 13.2 Å². The van der Waals surface area contributed by atoms with Crippen LogP contribution in [0.2, 0.25) is 5.02 Å². The summed E-state index contributed by atoms with van der Waals surface area (Å²) < 4.78 is 51.9. The average Bonchev–Trinajstić information content (AvgIpc) is 3.60. The van der Waals surface area contributed by atoms with Gasteiger partial charge in [0.05, 0.1) is 40.2 Å². The van der Waals surface area contributed by atoms with Gasteiger partial charge < -0.3 is 23.8 Å². The topological polar surface area (TPSA) is 115 Å². The fourth-order valence-electron chi connectivity index (χ4n) is 6.18. The Hall–Kier alpha value is -4.00. The van der Waals surface area contributed by atoms with Crippen molar-refractivity contribution in [3.8, 4) is 23.0 Å². The van der Waals surface area contributed by atoms with Crippen LogP contribution in [0.15, 0.2) is 59.5 Å². The maximum atomic E-state index is 15.3. The monoisotopic (exact) mass is 643 g/mol. The molecule has 3 aromatic rings. The minimum Gasteiger partial charge on any atom is -0.497 e. The molecule has 2 aliphatic rings. The summed E-state index contributed by atoms with van der Waals surface area (Å²) in [6, 6.07) is 13.1. The molecule has 11 nitrogen and oxygen atoms in total. The van der Waals surface area contributed by atoms with E-state index in [-0.39, 0.29) is 33.0 Å². The van der Waals surface area contributed by atoms with Crippen molar-refractivity contribution in [1.82, 2.24) is 9.80 Å². The highest BCUT2D eigenvalue weighted by molar-refractivity contribution is 7.93. The molecule has 3 aromatic carbocycles. The van der Waals surface area contributed by atoms with Crippen LogP contribution >= 0.6 is 11.6 Å². The first-order valence-corrected chi connectivity index (χ1v) is 15.6. The van der Waals surface area contributed by atoms with Crippen LogP contribution in [0.25, 0.3) is 0 Å². The average molecular weight is 644 g/mol. The molecule has 0 saturated carbocycles. The summed E-state index contributed by atoms with van der Waals surface area (Å²) in [6.07, 6.45) is 1.05. The van der Waals surface area contributed by atoms with Gasteiger partial charge in [-0.1, -0.05) is 11.6 Å². The molecule has 0 bridgehead atoms. The highest BCUT2D eigenvalue weighted by Crippen LogP contribution is 2.55. The molecule has 5 rings (SSSR count). The maximum absolute atomic E-state index is 15.3. The summed E-state index contributed by atoms with van der Waals surface area (Å²) in [5, 5.41) is 0.282. The van der Waals surface area contributed by atoms with Gasteiger partial charge in [-0.05, 0) is 55.3 Å². The normalized spacial score (nSPS) is 19.9. The minimum absolute atomic E-state index is 0.00553. The Balaban J connectivity index is 1.86. The van der Waals surface area contributed by atoms with Crippen molar-refractivity contribution in [1.29, 1.82) is 0 Å². The van der Waals surface area contributed by atoms with E-state index in [4.69, 9.17) is 30.5 Å². The van der Waals surface area contributed by atoms with Crippen LogP contribution < -0.4 is 23.3 Å². The van der Waals surface area contributed by atoms with Gasteiger partial charge in [0.1, 0.15) is 27.9 Å². The number of hydrogen-bond acceptors (Lipinski definition) is 9. The lowest BCUT2D eigenvalue weighted by Gasteiger charge is -2.42. The number of carbonyl (C=O) groups excluding carboxylic acids is 2. The number of fused-ring (bicyclic) bond motifs is 1. The van der Waals surface area contributed by atoms with Crippen LogP contribution in [0.4, 0.5) is 5.69 Å². The zero-order valence-corrected chi connectivity index (χ0v) is 26.9. The summed E-state index contributed by atoms with van der Waals surface area (Å²) in [5.41, 5.74) is -1.09. The number of hydrogen-bond donors (Lipinski definition) is 0. The second-order valence-corrected chi connectivity index (χ2v) is 12.8. The van der Waals surface area contributed by atoms with Crippen molar-refractivity contribution in [2.75, 3.05) is 53.4 Å². The summed E-state index contributed by atoms with van der Waals surface area (Å²) in [7, 11) is 4.43. The standard InChI is InChI=1S/C31H34ClN3O8S/c1-33(2)29(36)25-8-7-15-34(25)31(22-12-10-20(40-3)17-26(22)42-5)23-16-19(32)9-13-24(23)35(30(31)37)44(38,39)28-14-11-21(41-4)18-27(28)43-6/h9-14,16-18,25H,7-8,15H2,1-6H3. The second-order valence-electron chi connectivity index (χ2n) is 10.6. The number of ether oxygens (including phenoxy) is 4. The molecule has 2 unspecified atom stereocenters. The third-order valence-corrected chi connectivity index (χ3v) is 10.1. The Morgan fingerprint density at radius 1 is 0.886 bits per heavy atom. The molecule has 2 aliphatic heterocycles. The molecule has 1 saturated heterocycles. The van der Waals surface area contributed by atoms with E-state index in [0.29, 0.717) is 42.0 Å². The van der Waals surface area contributed by atoms with E-state index in [1.165, 1.54) is 63.7 Å². The van der Waals surface area contributed by atoms with Crippen LogP contribution in [-0.2, 0) is 25.2 Å². The van der Waals surface area contributed by atoms with Crippen molar-refractivity contribution in [3.05, 3.63) is 70.7 Å². The molecule has 2 atom stereocenters. The van der Waals surface area contributed by atoms with E-state index in [1.54, 1.807) is 43.3 Å². The zero-order chi connectivity index (χ0) is 32.0. The number of anilines is 1. The number of rotatable bonds is 9. The molecule has 0 radical (unpaired) electrons. The smallest absolute Gasteiger partial charge is 0.274 e. The number of halogens is 1. The highest BCUT2D eigenvalue weighted by atomic mass is 35.5. The highest BCUT2D eigenvalue weighted by Gasteiger charge is 2.63. The summed E-state index contributed by atoms with van der Waals surface area (Å²) >= 11 is 6.57. The Kier molecular flexibility index (Phi) is 8.45. The first-order chi connectivity index (χ1) is 21.0. The molecule has 1 fully saturated rings. The van der Waals surface area contributed by atoms with Crippen LogP contribution in [0, 0.1) is 0 Å². The van der Waals surface area contributed by atoms with E-state index in [1.807, 2.05) is 0 Å². The molecule has 2 amide bonds. The number of nitrogens with zero attached hydrogens (tertiary/aromatic N) is 3. The number of likely N-dealkylation sites (N-methyl/N-ethyl adjacent to an activating group) is 1. The molecule has 0 aromatic heterocycles. The van der Waals surface area contributed by atoms with Gasteiger partial charge in [-0.2, -0.15) is 0 Å². The molecule has 44 heavy (non-hydrogen) atoms. The lowest BCUT2D eigenvalue weighted by atomic mass is 9.80. The fraction of sp³-hybridized carbons (Fsp3) is 0.355. The van der Waals surface area contributed by atoms with Gasteiger partial charge in [0.15, 0.2) is 5.54 Å². The number of benzene rings is 3. The van der Waals surface area contributed by atoms with Crippen LogP contribution in [0.3, 0.4) is 0 Å². The van der Waals surface area contributed by atoms with Crippen LogP contribution in [-0.4, -0.2) is 85.2 Å². The van der Waals surface area contributed by atoms with Gasteiger partial charge in [0.25, 0.3) is 15.9 Å². The van der Waals surface area contributed by atoms with Crippen molar-refractivity contribution >= 4 is 39.1 Å². The number of methoxy groups -OCH3 is 4. The van der Waals surface area contributed by atoms with Crippen molar-refractivity contribution in [2.45, 2.75) is 29.3 Å². The van der Waals surface area contributed by atoms with E-state index >= 15 is 4.79 Å². The Bertz CT molecular complexity index is 1730. The zero-order valence-electron chi connectivity index (χ0n) is 25.3. The molecule has 234 valence electrons. The van der Waals surface area contributed by atoms with Crippen molar-refractivity contribution < 1.29 is 37.0 Å². The SMILES string of the molecule is COc1ccc(C2(N3CCCC3C(=O)N(C)C)C(=O)N(S(=O)(=O)c3ccc(OC)cc3OC)c3ccc(Cl)cc32)c(OC)c1. The van der Waals surface area contributed by atoms with E-state index in [2.05, 4.69) is 0 Å². The van der Waals surface area contributed by atoms with E-state index < -0.39 is 27.5 Å². The number of carbonyl (C=O) groups is 2. The Labute approximate surface area is 261 Å². The summed E-state index contributed by atoms with van der Waals surface area (Å²) in [6.45, 7) is 0.316. The number of amides is 2. The predicted molar refractivity (Wildman–Crippen MR) is 164 cm³/mol. The first kappa shape index (κ1) is 31.4. The lowest BCUT2D eigenvalue weighted by Crippen LogP contribution is -2.59. The van der Waals surface area contributed by atoms with E-state index in [0.717, 1.165) is 4.31 Å². The number of likely N-dealkylation sites (tertiary alicyclic amines) is 1. The van der Waals surface area contributed by atoms with Crippen molar-refractivity contribution in [3.63, 3.8) is 0 Å². The first-order valence-electron chi connectivity index (χ1n) is 13.8. The second kappa shape index (κ2) is 11.8. The van der Waals surface area contributed by atoms with Crippen LogP contribution in [0.1, 0.15) is 24.0 Å². The quantitative estimate of drug-likeness (QED) is 0.342. The Morgan fingerprint density at radius 3 is 2.14 bits per heavy atom. The Morgan fingerprint density at radius 2 is 1.52 bits per heavy atom. The van der Waals surface area contributed by atoms with Gasteiger partial charge in [-0.25, -0.2) is 12.7 Å². The van der Waals surface area contributed by atoms with Gasteiger partial charge in [-0.3, -0.25) is 14.5 Å². The van der Waals surface area contributed by atoms with Crippen LogP contribution in [0.5, 0.6) is 23.0 Å². The largest absolute Gasteiger partial charge is 0.497 e. The van der Waals surface area contributed by atoms with Gasteiger partial charge >= 0.3 is 0 Å². The third kappa shape index (κ3) is 4.72. The third-order valence-electron chi connectivity index (χ3n) is 8.16. The molecule has 2 heterocycles. The van der Waals surface area contributed by atoms with Gasteiger partial charge in [0, 0.05) is 48.9 Å². The fourth-order valence-corrected chi connectivity index (χ4v) is 7.96. The predicted octanol–water partition coefficient (Wildman–Crippen LogP) is 3.91. The lowest BCUT2D eigenvalue weighted by molar-refractivity contribution is -0.138. The van der Waals surface area contributed by atoms with Crippen molar-refractivity contribution in [2.24, 2.45) is 0 Å². The van der Waals surface area contributed by atoms with Gasteiger partial charge in [-0.15, -0.1) is 0 Å². The molecule has 0 spiro atoms. The molecular weight excluding hydrogens is 610 g/mol. The molecule has 13 heteroatoms. The maximum Gasteiger partial charge on any atom is 0.274 e.